The molecule has 0 spiro atoms. The molecular formula is C15H20N4O3. The van der Waals surface area contributed by atoms with E-state index in [9.17, 15) is 14.9 Å². The number of guanidine groups is 1. The minimum Gasteiger partial charge on any atom is -0.370 e. The van der Waals surface area contributed by atoms with E-state index in [2.05, 4.69) is 4.99 Å². The molecule has 0 heterocycles. The first kappa shape index (κ1) is 17.4. The van der Waals surface area contributed by atoms with Crippen LogP contribution in [0.15, 0.2) is 29.3 Å². The van der Waals surface area contributed by atoms with Gasteiger partial charge >= 0.3 is 0 Å². The molecule has 0 saturated heterocycles. The molecule has 7 heteroatoms. The fourth-order valence-electron chi connectivity index (χ4n) is 2.06. The van der Waals surface area contributed by atoms with Gasteiger partial charge < -0.3 is 11.5 Å². The predicted molar refractivity (Wildman–Crippen MR) is 85.7 cm³/mol. The number of hydrogen-bond acceptors (Lipinski definition) is 3. The Hall–Kier alpha value is -2.70. The van der Waals surface area contributed by atoms with Crippen molar-refractivity contribution < 1.29 is 9.72 Å². The summed E-state index contributed by atoms with van der Waals surface area (Å²) in [5.41, 5.74) is 11.6. The molecule has 0 unspecified atom stereocenters. The molecule has 1 aromatic rings. The summed E-state index contributed by atoms with van der Waals surface area (Å²) >= 11 is 0. The van der Waals surface area contributed by atoms with Crippen LogP contribution in [0, 0.1) is 17.0 Å². The Kier molecular flexibility index (Phi) is 6.25. The van der Waals surface area contributed by atoms with Crippen LogP contribution in [0.1, 0.15) is 41.3 Å². The van der Waals surface area contributed by atoms with E-state index in [0.29, 0.717) is 24.0 Å². The van der Waals surface area contributed by atoms with Gasteiger partial charge in [-0.3, -0.25) is 14.9 Å². The van der Waals surface area contributed by atoms with Crippen molar-refractivity contribution in [2.45, 2.75) is 33.1 Å². The van der Waals surface area contributed by atoms with Crippen molar-refractivity contribution in [3.63, 3.8) is 0 Å². The summed E-state index contributed by atoms with van der Waals surface area (Å²) in [6.07, 6.45) is 6.15. The van der Waals surface area contributed by atoms with Gasteiger partial charge in [0.1, 0.15) is 0 Å². The van der Waals surface area contributed by atoms with E-state index in [0.717, 1.165) is 6.42 Å². The molecule has 0 fully saturated rings. The van der Waals surface area contributed by atoms with Crippen LogP contribution in [0.2, 0.25) is 0 Å². The van der Waals surface area contributed by atoms with E-state index in [1.54, 1.807) is 13.0 Å². The van der Waals surface area contributed by atoms with Crippen molar-refractivity contribution >= 4 is 17.6 Å². The first-order chi connectivity index (χ1) is 10.4. The summed E-state index contributed by atoms with van der Waals surface area (Å²) in [7, 11) is 0. The maximum absolute atomic E-state index is 11.9. The van der Waals surface area contributed by atoms with Gasteiger partial charge in [-0.25, -0.2) is 0 Å². The minimum absolute atomic E-state index is 0.0929. The average molecular weight is 304 g/mol. The molecule has 0 aromatic heterocycles. The Labute approximate surface area is 128 Å². The summed E-state index contributed by atoms with van der Waals surface area (Å²) in [4.78, 5) is 26.0. The second-order valence-electron chi connectivity index (χ2n) is 4.81. The van der Waals surface area contributed by atoms with Gasteiger partial charge in [-0.05, 0) is 37.8 Å². The van der Waals surface area contributed by atoms with Crippen LogP contribution >= 0.6 is 0 Å². The molecule has 1 rings (SSSR count). The Balaban J connectivity index is 3.18. The molecule has 1 amide bonds. The zero-order valence-electron chi connectivity index (χ0n) is 12.7. The van der Waals surface area contributed by atoms with E-state index in [1.165, 1.54) is 6.07 Å². The van der Waals surface area contributed by atoms with Crippen molar-refractivity contribution in [3.05, 3.63) is 51.1 Å². The number of rotatable bonds is 6. The van der Waals surface area contributed by atoms with Crippen LogP contribution in [-0.4, -0.2) is 16.8 Å². The minimum atomic E-state index is -0.682. The fourth-order valence-corrected chi connectivity index (χ4v) is 2.06. The van der Waals surface area contributed by atoms with Crippen LogP contribution in [-0.2, 0) is 6.42 Å². The predicted octanol–water partition coefficient (Wildman–Crippen LogP) is 2.22. The normalized spacial score (nSPS) is 10.6. The third-order valence-electron chi connectivity index (χ3n) is 3.07. The zero-order valence-corrected chi connectivity index (χ0v) is 12.7. The Morgan fingerprint density at radius 1 is 1.36 bits per heavy atom. The molecule has 4 N–H and O–H groups in total. The number of carbonyl (C=O) groups is 1. The average Bonchev–Trinajstić information content (AvgIpc) is 2.42. The second-order valence-corrected chi connectivity index (χ2v) is 4.81. The SMILES string of the molecule is CC/C=C/CCc1cc(C)c(C(=O)N=C(N)N)cc1[N+](=O)[O-]. The van der Waals surface area contributed by atoms with Gasteiger partial charge in [0.2, 0.25) is 0 Å². The molecule has 22 heavy (non-hydrogen) atoms. The van der Waals surface area contributed by atoms with E-state index in [1.807, 2.05) is 19.1 Å². The van der Waals surface area contributed by atoms with Crippen molar-refractivity contribution in [1.82, 2.24) is 0 Å². The van der Waals surface area contributed by atoms with E-state index in [-0.39, 0.29) is 17.2 Å². The summed E-state index contributed by atoms with van der Waals surface area (Å²) < 4.78 is 0. The highest BCUT2D eigenvalue weighted by Crippen LogP contribution is 2.25. The van der Waals surface area contributed by atoms with Crippen molar-refractivity contribution in [1.29, 1.82) is 0 Å². The summed E-state index contributed by atoms with van der Waals surface area (Å²) in [5.74, 6) is -1.06. The lowest BCUT2D eigenvalue weighted by atomic mass is 9.99. The van der Waals surface area contributed by atoms with Gasteiger partial charge in [0, 0.05) is 11.6 Å². The Bertz CT molecular complexity index is 632. The van der Waals surface area contributed by atoms with Gasteiger partial charge in [-0.15, -0.1) is 0 Å². The van der Waals surface area contributed by atoms with Gasteiger partial charge in [-0.1, -0.05) is 19.1 Å². The quantitative estimate of drug-likeness (QED) is 0.274. The third kappa shape index (κ3) is 4.69. The van der Waals surface area contributed by atoms with Crippen LogP contribution < -0.4 is 11.5 Å². The Morgan fingerprint density at radius 2 is 2.05 bits per heavy atom. The largest absolute Gasteiger partial charge is 0.370 e. The van der Waals surface area contributed by atoms with Crippen LogP contribution in [0.5, 0.6) is 0 Å². The van der Waals surface area contributed by atoms with Crippen LogP contribution in [0.4, 0.5) is 5.69 Å². The molecule has 0 aliphatic carbocycles. The van der Waals surface area contributed by atoms with Gasteiger partial charge in [0.25, 0.3) is 11.6 Å². The lowest BCUT2D eigenvalue weighted by Crippen LogP contribution is -2.24. The zero-order chi connectivity index (χ0) is 16.7. The number of benzene rings is 1. The number of nitrogens with two attached hydrogens (primary N) is 2. The molecular weight excluding hydrogens is 284 g/mol. The standard InChI is InChI=1S/C15H20N4O3/c1-3-4-5-6-7-11-8-10(2)12(9-13(11)19(21)22)14(20)18-15(16)17/h4-5,8-9H,3,6-7H2,1-2H3,(H4,16,17,18,20)/b5-4+. The van der Waals surface area contributed by atoms with E-state index < -0.39 is 10.8 Å². The van der Waals surface area contributed by atoms with E-state index in [4.69, 9.17) is 11.5 Å². The third-order valence-corrected chi connectivity index (χ3v) is 3.07. The molecule has 118 valence electrons. The maximum atomic E-state index is 11.9. The molecule has 7 nitrogen and oxygen atoms in total. The van der Waals surface area contributed by atoms with Crippen LogP contribution in [0.25, 0.3) is 0 Å². The number of allylic oxidation sites excluding steroid dienone is 2. The van der Waals surface area contributed by atoms with Crippen molar-refractivity contribution in [2.75, 3.05) is 0 Å². The molecule has 1 aromatic carbocycles. The summed E-state index contributed by atoms with van der Waals surface area (Å²) in [6, 6.07) is 2.89. The van der Waals surface area contributed by atoms with Gasteiger partial charge in [0.15, 0.2) is 5.96 Å². The number of amides is 1. The molecule has 0 radical (unpaired) electrons. The molecule has 0 saturated carbocycles. The molecule has 0 atom stereocenters. The van der Waals surface area contributed by atoms with Gasteiger partial charge in [0.05, 0.1) is 10.5 Å². The lowest BCUT2D eigenvalue weighted by molar-refractivity contribution is -0.385. The summed E-state index contributed by atoms with van der Waals surface area (Å²) in [5, 5.41) is 11.2. The first-order valence-electron chi connectivity index (χ1n) is 6.93. The summed E-state index contributed by atoms with van der Waals surface area (Å²) in [6.45, 7) is 3.72. The Morgan fingerprint density at radius 3 is 2.59 bits per heavy atom. The lowest BCUT2D eigenvalue weighted by Gasteiger charge is -2.07. The highest BCUT2D eigenvalue weighted by atomic mass is 16.6. The smallest absolute Gasteiger partial charge is 0.280 e. The number of carbonyl (C=O) groups excluding carboxylic acids is 1. The van der Waals surface area contributed by atoms with Gasteiger partial charge in [-0.2, -0.15) is 4.99 Å². The fraction of sp³-hybridized carbons (Fsp3) is 0.333. The molecule has 0 aliphatic heterocycles. The highest BCUT2D eigenvalue weighted by Gasteiger charge is 2.19. The maximum Gasteiger partial charge on any atom is 0.280 e. The number of nitro groups is 1. The first-order valence-corrected chi connectivity index (χ1v) is 6.93. The number of nitro benzene ring substituents is 1. The van der Waals surface area contributed by atoms with Crippen molar-refractivity contribution in [3.8, 4) is 0 Å². The number of hydrogen-bond donors (Lipinski definition) is 2. The van der Waals surface area contributed by atoms with E-state index >= 15 is 0 Å². The number of nitrogens with zero attached hydrogens (tertiary/aromatic N) is 2. The molecule has 0 bridgehead atoms. The van der Waals surface area contributed by atoms with Crippen molar-refractivity contribution in [2.24, 2.45) is 16.5 Å². The van der Waals surface area contributed by atoms with Crippen LogP contribution in [0.3, 0.4) is 0 Å². The number of aliphatic imine (C=N–C) groups is 1. The molecule has 0 aliphatic rings. The number of aryl methyl sites for hydroxylation is 2. The topological polar surface area (TPSA) is 125 Å². The second kappa shape index (κ2) is 7.92. The monoisotopic (exact) mass is 304 g/mol. The highest BCUT2D eigenvalue weighted by molar-refractivity contribution is 6.03.